The molecule has 0 aromatic heterocycles. The van der Waals surface area contributed by atoms with Gasteiger partial charge in [-0.1, -0.05) is 50.6 Å². The van der Waals surface area contributed by atoms with Crippen molar-refractivity contribution < 1.29 is 15.0 Å². The van der Waals surface area contributed by atoms with Crippen LogP contribution in [0.1, 0.15) is 51.7 Å². The summed E-state index contributed by atoms with van der Waals surface area (Å²) < 4.78 is 0. The molecule has 0 aliphatic rings. The van der Waals surface area contributed by atoms with Crippen molar-refractivity contribution in [1.29, 1.82) is 0 Å². The Bertz CT molecular complexity index is 551. The summed E-state index contributed by atoms with van der Waals surface area (Å²) in [5.41, 5.74) is 0.552. The Hall–Kier alpha value is -1.36. The van der Waals surface area contributed by atoms with Gasteiger partial charge >= 0.3 is 0 Å². The van der Waals surface area contributed by atoms with Crippen LogP contribution in [0.5, 0.6) is 0 Å². The van der Waals surface area contributed by atoms with E-state index in [1.165, 1.54) is 0 Å². The van der Waals surface area contributed by atoms with E-state index in [0.717, 1.165) is 5.56 Å². The maximum Gasteiger partial charge on any atom is 0.223 e. The number of halogens is 1. The molecule has 25 heavy (non-hydrogen) atoms. The van der Waals surface area contributed by atoms with Gasteiger partial charge in [-0.15, -0.1) is 6.58 Å². The third kappa shape index (κ3) is 7.18. The highest BCUT2D eigenvalue weighted by atomic mass is 35.5. The summed E-state index contributed by atoms with van der Waals surface area (Å²) in [6.07, 6.45) is 2.59. The zero-order valence-electron chi connectivity index (χ0n) is 15.3. The van der Waals surface area contributed by atoms with E-state index in [1.807, 2.05) is 20.8 Å². The fraction of sp³-hybridized carbons (Fsp3) is 0.550. The molecule has 0 bridgehead atoms. The van der Waals surface area contributed by atoms with E-state index in [4.69, 9.17) is 11.6 Å². The number of nitrogens with one attached hydrogen (secondary N) is 1. The van der Waals surface area contributed by atoms with Crippen molar-refractivity contribution in [3.05, 3.63) is 47.5 Å². The Labute approximate surface area is 155 Å². The van der Waals surface area contributed by atoms with Crippen molar-refractivity contribution >= 4 is 17.5 Å². The van der Waals surface area contributed by atoms with Crippen LogP contribution in [0.2, 0.25) is 5.02 Å². The topological polar surface area (TPSA) is 69.6 Å². The summed E-state index contributed by atoms with van der Waals surface area (Å²) >= 11 is 5.86. The highest BCUT2D eigenvalue weighted by Gasteiger charge is 2.28. The van der Waals surface area contributed by atoms with Gasteiger partial charge in [0.05, 0.1) is 18.8 Å². The molecule has 1 amide bonds. The number of allylic oxidation sites excluding steroid dienone is 1. The molecule has 1 rings (SSSR count). The van der Waals surface area contributed by atoms with E-state index >= 15 is 0 Å². The molecule has 1 aromatic carbocycles. The molecule has 2 unspecified atom stereocenters. The standard InChI is InChI=1S/C20H30ClNO3/c1-5-6-15(19(25)22-18(13-23)20(2,3)4)9-12-17(24)14-7-10-16(21)11-8-14/h5,7-8,10-11,15,17-18,23-24H,1,6,9,12-13H2,2-4H3,(H,22,25)/t15?,17-,18?/m1/s1. The molecule has 3 N–H and O–H groups in total. The number of hydrogen-bond donors (Lipinski definition) is 3. The number of aliphatic hydroxyl groups excluding tert-OH is 2. The highest BCUT2D eigenvalue weighted by Crippen LogP contribution is 2.25. The minimum atomic E-state index is -0.645. The van der Waals surface area contributed by atoms with Crippen LogP contribution in [0.15, 0.2) is 36.9 Å². The van der Waals surface area contributed by atoms with Crippen LogP contribution in [0.4, 0.5) is 0 Å². The Kier molecular flexibility index (Phi) is 8.63. The van der Waals surface area contributed by atoms with Gasteiger partial charge in [-0.3, -0.25) is 4.79 Å². The Morgan fingerprint density at radius 1 is 1.28 bits per heavy atom. The van der Waals surface area contributed by atoms with Crippen molar-refractivity contribution in [2.45, 2.75) is 52.2 Å². The molecule has 5 heteroatoms. The smallest absolute Gasteiger partial charge is 0.223 e. The van der Waals surface area contributed by atoms with Crippen LogP contribution in [0, 0.1) is 11.3 Å². The van der Waals surface area contributed by atoms with Crippen molar-refractivity contribution in [2.75, 3.05) is 6.61 Å². The average Bonchev–Trinajstić information content (AvgIpc) is 2.55. The zero-order chi connectivity index (χ0) is 19.0. The first-order valence-electron chi connectivity index (χ1n) is 8.64. The SMILES string of the molecule is C=CCC(CC[C@@H](O)c1ccc(Cl)cc1)C(=O)NC(CO)C(C)(C)C. The number of amides is 1. The number of carbonyl (C=O) groups is 1. The first-order valence-corrected chi connectivity index (χ1v) is 9.02. The molecule has 1 aromatic rings. The van der Waals surface area contributed by atoms with E-state index in [1.54, 1.807) is 30.3 Å². The molecule has 4 nitrogen and oxygen atoms in total. The molecule has 0 aliphatic heterocycles. The molecular weight excluding hydrogens is 338 g/mol. The van der Waals surface area contributed by atoms with E-state index in [-0.39, 0.29) is 29.9 Å². The van der Waals surface area contributed by atoms with Crippen molar-refractivity contribution in [3.8, 4) is 0 Å². The van der Waals surface area contributed by atoms with Gasteiger partial charge in [-0.2, -0.15) is 0 Å². The minimum Gasteiger partial charge on any atom is -0.394 e. The maximum atomic E-state index is 12.6. The third-order valence-electron chi connectivity index (χ3n) is 4.41. The van der Waals surface area contributed by atoms with Crippen LogP contribution in [-0.2, 0) is 4.79 Å². The molecule has 0 radical (unpaired) electrons. The lowest BCUT2D eigenvalue weighted by Gasteiger charge is -2.31. The molecular formula is C20H30ClNO3. The molecule has 0 saturated carbocycles. The quantitative estimate of drug-likeness (QED) is 0.580. The summed E-state index contributed by atoms with van der Waals surface area (Å²) in [6.45, 7) is 9.53. The summed E-state index contributed by atoms with van der Waals surface area (Å²) in [5.74, 6) is -0.395. The first kappa shape index (κ1) is 21.7. The van der Waals surface area contributed by atoms with Crippen LogP contribution in [-0.4, -0.2) is 28.8 Å². The summed E-state index contributed by atoms with van der Waals surface area (Å²) in [4.78, 5) is 12.6. The molecule has 0 spiro atoms. The minimum absolute atomic E-state index is 0.108. The van der Waals surface area contributed by atoms with Gasteiger partial charge in [0.15, 0.2) is 0 Å². The molecule has 140 valence electrons. The molecule has 0 saturated heterocycles. The van der Waals surface area contributed by atoms with E-state index < -0.39 is 6.10 Å². The predicted octanol–water partition coefficient (Wildman–Crippen LogP) is 3.87. The van der Waals surface area contributed by atoms with Gasteiger partial charge in [0.25, 0.3) is 0 Å². The largest absolute Gasteiger partial charge is 0.394 e. The molecule has 0 heterocycles. The lowest BCUT2D eigenvalue weighted by Crippen LogP contribution is -2.48. The Balaban J connectivity index is 2.67. The van der Waals surface area contributed by atoms with Crippen LogP contribution >= 0.6 is 11.6 Å². The van der Waals surface area contributed by atoms with E-state index in [2.05, 4.69) is 11.9 Å². The molecule has 0 aliphatic carbocycles. The van der Waals surface area contributed by atoms with E-state index in [0.29, 0.717) is 24.3 Å². The highest BCUT2D eigenvalue weighted by molar-refractivity contribution is 6.30. The fourth-order valence-electron chi connectivity index (χ4n) is 2.59. The summed E-state index contributed by atoms with van der Waals surface area (Å²) in [5, 5.41) is 23.4. The van der Waals surface area contributed by atoms with Gasteiger partial charge < -0.3 is 15.5 Å². The number of benzene rings is 1. The average molecular weight is 368 g/mol. The van der Waals surface area contributed by atoms with Gasteiger partial charge in [0, 0.05) is 10.9 Å². The number of carbonyl (C=O) groups excluding carboxylic acids is 1. The Morgan fingerprint density at radius 2 is 1.88 bits per heavy atom. The number of rotatable bonds is 9. The van der Waals surface area contributed by atoms with Gasteiger partial charge in [-0.05, 0) is 42.4 Å². The van der Waals surface area contributed by atoms with Crippen LogP contribution < -0.4 is 5.32 Å². The van der Waals surface area contributed by atoms with E-state index in [9.17, 15) is 15.0 Å². The number of aliphatic hydroxyl groups is 2. The monoisotopic (exact) mass is 367 g/mol. The van der Waals surface area contributed by atoms with Gasteiger partial charge in [-0.25, -0.2) is 0 Å². The van der Waals surface area contributed by atoms with Gasteiger partial charge in [0.2, 0.25) is 5.91 Å². The second kappa shape index (κ2) is 9.95. The van der Waals surface area contributed by atoms with Crippen LogP contribution in [0.3, 0.4) is 0 Å². The van der Waals surface area contributed by atoms with Gasteiger partial charge in [0.1, 0.15) is 0 Å². The number of hydrogen-bond acceptors (Lipinski definition) is 3. The van der Waals surface area contributed by atoms with Crippen LogP contribution in [0.25, 0.3) is 0 Å². The fourth-order valence-corrected chi connectivity index (χ4v) is 2.72. The van der Waals surface area contributed by atoms with Crippen molar-refractivity contribution in [2.24, 2.45) is 11.3 Å². The predicted molar refractivity (Wildman–Crippen MR) is 102 cm³/mol. The molecule has 3 atom stereocenters. The second-order valence-corrected chi connectivity index (χ2v) is 7.91. The normalized spacial score (nSPS) is 15.3. The lowest BCUT2D eigenvalue weighted by molar-refractivity contribution is -0.127. The second-order valence-electron chi connectivity index (χ2n) is 7.48. The summed E-state index contributed by atoms with van der Waals surface area (Å²) in [7, 11) is 0. The zero-order valence-corrected chi connectivity index (χ0v) is 16.1. The lowest BCUT2D eigenvalue weighted by atomic mass is 9.86. The third-order valence-corrected chi connectivity index (χ3v) is 4.66. The maximum absolute atomic E-state index is 12.6. The molecule has 0 fully saturated rings. The van der Waals surface area contributed by atoms with Crippen molar-refractivity contribution in [1.82, 2.24) is 5.32 Å². The Morgan fingerprint density at radius 3 is 2.36 bits per heavy atom. The first-order chi connectivity index (χ1) is 11.7. The van der Waals surface area contributed by atoms with Crippen molar-refractivity contribution in [3.63, 3.8) is 0 Å². The summed E-state index contributed by atoms with van der Waals surface area (Å²) in [6, 6.07) is 6.74.